The number of hydrogen-bond acceptors (Lipinski definition) is 0. The average molecular weight is 178 g/mol. The van der Waals surface area contributed by atoms with E-state index in [1.165, 1.54) is 5.57 Å². The lowest BCUT2D eigenvalue weighted by Gasteiger charge is -2.40. The number of hydrogen-bond donors (Lipinski definition) is 0. The summed E-state index contributed by atoms with van der Waals surface area (Å²) in [5, 5.41) is 0. The van der Waals surface area contributed by atoms with Gasteiger partial charge in [-0.05, 0) is 16.4 Å². The Kier molecular flexibility index (Phi) is 3.71. The molecule has 0 spiro atoms. The Morgan fingerprint density at radius 1 is 1.00 bits per heavy atom. The third kappa shape index (κ3) is 2.58. The molecule has 0 aromatic carbocycles. The quantitative estimate of drug-likeness (QED) is 0.563. The fourth-order valence-corrected chi connectivity index (χ4v) is 1.09. The van der Waals surface area contributed by atoms with Crippen molar-refractivity contribution in [3.05, 3.63) is 37.0 Å². The highest BCUT2D eigenvalue weighted by Gasteiger charge is 2.34. The van der Waals surface area contributed by atoms with Crippen molar-refractivity contribution < 1.29 is 0 Å². The SMILES string of the molecule is C=C/C=C(\C=C)C(C)(C)C(C)(C)C. The Labute approximate surface area is 83.0 Å². The Morgan fingerprint density at radius 2 is 1.46 bits per heavy atom. The summed E-state index contributed by atoms with van der Waals surface area (Å²) in [6.45, 7) is 18.8. The maximum atomic E-state index is 3.84. The van der Waals surface area contributed by atoms with Crippen molar-refractivity contribution in [3.63, 3.8) is 0 Å². The minimum absolute atomic E-state index is 0.128. The van der Waals surface area contributed by atoms with E-state index >= 15 is 0 Å². The maximum absolute atomic E-state index is 3.84. The molecule has 0 aliphatic heterocycles. The summed E-state index contributed by atoms with van der Waals surface area (Å²) in [5.41, 5.74) is 1.61. The largest absolute Gasteiger partial charge is 0.0991 e. The molecule has 0 heteroatoms. The zero-order valence-corrected chi connectivity index (χ0v) is 9.65. The van der Waals surface area contributed by atoms with Gasteiger partial charge in [0.15, 0.2) is 0 Å². The van der Waals surface area contributed by atoms with Crippen LogP contribution in [0.3, 0.4) is 0 Å². The van der Waals surface area contributed by atoms with Crippen molar-refractivity contribution in [2.24, 2.45) is 10.8 Å². The summed E-state index contributed by atoms with van der Waals surface area (Å²) in [6.07, 6.45) is 5.79. The fraction of sp³-hybridized carbons (Fsp3) is 0.538. The van der Waals surface area contributed by atoms with Gasteiger partial charge in [0.1, 0.15) is 0 Å². The Morgan fingerprint density at radius 3 is 1.69 bits per heavy atom. The predicted molar refractivity (Wildman–Crippen MR) is 61.7 cm³/mol. The van der Waals surface area contributed by atoms with E-state index in [1.807, 2.05) is 18.2 Å². The molecule has 0 fully saturated rings. The zero-order valence-electron chi connectivity index (χ0n) is 9.65. The highest BCUT2D eigenvalue weighted by atomic mass is 14.4. The van der Waals surface area contributed by atoms with Crippen LogP contribution in [-0.2, 0) is 0 Å². The van der Waals surface area contributed by atoms with Crippen LogP contribution >= 0.6 is 0 Å². The molecule has 0 aromatic heterocycles. The maximum Gasteiger partial charge on any atom is -0.00553 e. The van der Waals surface area contributed by atoms with Gasteiger partial charge in [0.25, 0.3) is 0 Å². The third-order valence-electron chi connectivity index (χ3n) is 3.11. The van der Waals surface area contributed by atoms with Gasteiger partial charge in [-0.3, -0.25) is 0 Å². The lowest BCUT2D eigenvalue weighted by Crippen LogP contribution is -2.30. The van der Waals surface area contributed by atoms with Crippen LogP contribution in [0.4, 0.5) is 0 Å². The van der Waals surface area contributed by atoms with Gasteiger partial charge in [-0.2, -0.15) is 0 Å². The van der Waals surface area contributed by atoms with Crippen LogP contribution in [0.1, 0.15) is 34.6 Å². The molecule has 0 heterocycles. The molecule has 13 heavy (non-hydrogen) atoms. The second-order valence-electron chi connectivity index (χ2n) is 4.94. The van der Waals surface area contributed by atoms with E-state index in [9.17, 15) is 0 Å². The van der Waals surface area contributed by atoms with Crippen molar-refractivity contribution in [2.75, 3.05) is 0 Å². The van der Waals surface area contributed by atoms with Crippen molar-refractivity contribution in [1.82, 2.24) is 0 Å². The zero-order chi connectivity index (χ0) is 10.7. The van der Waals surface area contributed by atoms with Gasteiger partial charge >= 0.3 is 0 Å². The topological polar surface area (TPSA) is 0 Å². The smallest absolute Gasteiger partial charge is 0.00553 e. The summed E-state index contributed by atoms with van der Waals surface area (Å²) in [7, 11) is 0. The third-order valence-corrected chi connectivity index (χ3v) is 3.11. The fourth-order valence-electron chi connectivity index (χ4n) is 1.09. The van der Waals surface area contributed by atoms with Gasteiger partial charge in [-0.1, -0.05) is 66.0 Å². The molecule has 0 saturated carbocycles. The van der Waals surface area contributed by atoms with E-state index in [0.29, 0.717) is 0 Å². The lowest BCUT2D eigenvalue weighted by atomic mass is 9.65. The lowest BCUT2D eigenvalue weighted by molar-refractivity contribution is 0.182. The molecule has 0 rings (SSSR count). The summed E-state index contributed by atoms with van der Waals surface area (Å²) in [6, 6.07) is 0. The first-order chi connectivity index (χ1) is 5.77. The van der Waals surface area contributed by atoms with Crippen LogP contribution in [0.25, 0.3) is 0 Å². The van der Waals surface area contributed by atoms with Crippen molar-refractivity contribution >= 4 is 0 Å². The molecule has 0 atom stereocenters. The van der Waals surface area contributed by atoms with Gasteiger partial charge in [-0.25, -0.2) is 0 Å². The molecule has 0 nitrogen and oxygen atoms in total. The van der Waals surface area contributed by atoms with Crippen LogP contribution < -0.4 is 0 Å². The molecule has 0 aliphatic rings. The first kappa shape index (κ1) is 12.2. The molecule has 0 aliphatic carbocycles. The summed E-state index contributed by atoms with van der Waals surface area (Å²) < 4.78 is 0. The molecule has 0 amide bonds. The molecule has 0 saturated heterocycles. The molecule has 0 aromatic rings. The minimum Gasteiger partial charge on any atom is -0.0991 e. The Hall–Kier alpha value is -0.780. The molecule has 74 valence electrons. The second-order valence-corrected chi connectivity index (χ2v) is 4.94. The molecular weight excluding hydrogens is 156 g/mol. The normalized spacial score (nSPS) is 14.1. The summed E-state index contributed by atoms with van der Waals surface area (Å²) >= 11 is 0. The Bertz CT molecular complexity index is 221. The predicted octanol–water partition coefficient (Wildman–Crippen LogP) is 4.36. The van der Waals surface area contributed by atoms with E-state index in [1.54, 1.807) is 0 Å². The van der Waals surface area contributed by atoms with Crippen LogP contribution in [0.15, 0.2) is 37.0 Å². The second kappa shape index (κ2) is 3.95. The number of allylic oxidation sites excluding steroid dienone is 4. The van der Waals surface area contributed by atoms with Crippen molar-refractivity contribution in [1.29, 1.82) is 0 Å². The van der Waals surface area contributed by atoms with Gasteiger partial charge in [0, 0.05) is 0 Å². The molecule has 0 N–H and O–H groups in total. The van der Waals surface area contributed by atoms with E-state index in [0.717, 1.165) is 0 Å². The Balaban J connectivity index is 5.11. The molecule has 0 radical (unpaired) electrons. The van der Waals surface area contributed by atoms with E-state index in [2.05, 4.69) is 47.8 Å². The minimum atomic E-state index is 0.128. The average Bonchev–Trinajstić information content (AvgIpc) is 1.97. The first-order valence-electron chi connectivity index (χ1n) is 4.73. The van der Waals surface area contributed by atoms with E-state index < -0.39 is 0 Å². The highest BCUT2D eigenvalue weighted by Crippen LogP contribution is 2.44. The van der Waals surface area contributed by atoms with Gasteiger partial charge in [0.2, 0.25) is 0 Å². The standard InChI is InChI=1S/C13H22/c1-8-10-11(9-2)13(6,7)12(3,4)5/h8-10H,1-2H2,3-7H3/b11-10+. The first-order valence-corrected chi connectivity index (χ1v) is 4.73. The van der Waals surface area contributed by atoms with E-state index in [-0.39, 0.29) is 10.8 Å². The van der Waals surface area contributed by atoms with E-state index in [4.69, 9.17) is 0 Å². The summed E-state index contributed by atoms with van der Waals surface area (Å²) in [5.74, 6) is 0. The van der Waals surface area contributed by atoms with Crippen molar-refractivity contribution in [3.8, 4) is 0 Å². The molecular formula is C13H22. The van der Waals surface area contributed by atoms with Crippen LogP contribution in [0.2, 0.25) is 0 Å². The highest BCUT2D eigenvalue weighted by molar-refractivity contribution is 5.29. The van der Waals surface area contributed by atoms with Crippen LogP contribution in [-0.4, -0.2) is 0 Å². The monoisotopic (exact) mass is 178 g/mol. The van der Waals surface area contributed by atoms with Crippen molar-refractivity contribution in [2.45, 2.75) is 34.6 Å². The van der Waals surface area contributed by atoms with Gasteiger partial charge < -0.3 is 0 Å². The van der Waals surface area contributed by atoms with Crippen LogP contribution in [0, 0.1) is 10.8 Å². The molecule has 0 bridgehead atoms. The van der Waals surface area contributed by atoms with Gasteiger partial charge in [-0.15, -0.1) is 0 Å². The molecule has 0 unspecified atom stereocenters. The van der Waals surface area contributed by atoms with Crippen LogP contribution in [0.5, 0.6) is 0 Å². The van der Waals surface area contributed by atoms with Gasteiger partial charge in [0.05, 0.1) is 0 Å². The summed E-state index contributed by atoms with van der Waals surface area (Å²) in [4.78, 5) is 0. The number of rotatable bonds is 3.